The van der Waals surface area contributed by atoms with Crippen LogP contribution in [0.5, 0.6) is 11.5 Å². The summed E-state index contributed by atoms with van der Waals surface area (Å²) in [5.74, 6) is -1.39. The fourth-order valence-electron chi connectivity index (χ4n) is 3.75. The number of rotatable bonds is 5. The van der Waals surface area contributed by atoms with Crippen LogP contribution in [-0.4, -0.2) is 38.7 Å². The summed E-state index contributed by atoms with van der Waals surface area (Å²) in [4.78, 5) is 27.3. The van der Waals surface area contributed by atoms with E-state index in [1.807, 2.05) is 0 Å². The van der Waals surface area contributed by atoms with Crippen molar-refractivity contribution in [3.63, 3.8) is 0 Å². The summed E-state index contributed by atoms with van der Waals surface area (Å²) in [6, 6.07) is 9.59. The first kappa shape index (κ1) is 21.5. The smallest absolute Gasteiger partial charge is 0.395 e. The van der Waals surface area contributed by atoms with E-state index in [0.29, 0.717) is 11.1 Å². The molecule has 0 saturated carbocycles. The van der Waals surface area contributed by atoms with Crippen molar-refractivity contribution >= 4 is 22.5 Å². The third-order valence-corrected chi connectivity index (χ3v) is 5.26. The molecule has 1 amide bonds. The maximum absolute atomic E-state index is 13.8. The number of nitrogens with zero attached hydrogens (tertiary/aromatic N) is 4. The van der Waals surface area contributed by atoms with Gasteiger partial charge in [-0.25, -0.2) is 9.07 Å². The molecule has 1 N–H and O–H groups in total. The lowest BCUT2D eigenvalue weighted by atomic mass is 10.1. The van der Waals surface area contributed by atoms with E-state index < -0.39 is 30.1 Å². The van der Waals surface area contributed by atoms with Gasteiger partial charge in [-0.05, 0) is 31.2 Å². The standard InChI is InChI=1S/C22H16F3N5O4/c1-2-29(14-6-7-16-17(9-14)34-22(24,25)33-16)18(31)11-30-21(32)15-10-26-27-20(15)19(28-30)12-4-3-5-13(23)8-12/h3-10H,2,11H2,1H3,(H,26,27). The van der Waals surface area contributed by atoms with Gasteiger partial charge in [-0.2, -0.15) is 10.2 Å². The quantitative estimate of drug-likeness (QED) is 0.479. The number of H-pyrrole nitrogens is 1. The Balaban J connectivity index is 1.50. The molecule has 3 heterocycles. The van der Waals surface area contributed by atoms with Crippen LogP contribution < -0.4 is 19.9 Å². The average Bonchev–Trinajstić information content (AvgIpc) is 3.39. The van der Waals surface area contributed by atoms with Crippen LogP contribution in [0.4, 0.5) is 18.9 Å². The van der Waals surface area contributed by atoms with Gasteiger partial charge in [-0.3, -0.25) is 14.7 Å². The van der Waals surface area contributed by atoms with E-state index >= 15 is 0 Å². The minimum atomic E-state index is -3.79. The van der Waals surface area contributed by atoms with E-state index in [1.54, 1.807) is 13.0 Å². The van der Waals surface area contributed by atoms with Crippen molar-refractivity contribution in [2.45, 2.75) is 19.8 Å². The normalized spacial score (nSPS) is 13.9. The predicted molar refractivity (Wildman–Crippen MR) is 114 cm³/mol. The highest BCUT2D eigenvalue weighted by molar-refractivity contribution is 5.94. The molecule has 0 fully saturated rings. The van der Waals surface area contributed by atoms with Crippen LogP contribution in [0.1, 0.15) is 6.92 Å². The van der Waals surface area contributed by atoms with Gasteiger partial charge in [0.2, 0.25) is 5.91 Å². The zero-order valence-electron chi connectivity index (χ0n) is 17.6. The molecule has 9 nitrogen and oxygen atoms in total. The summed E-state index contributed by atoms with van der Waals surface area (Å²) in [5.41, 5.74) is 0.643. The number of aromatic amines is 1. The van der Waals surface area contributed by atoms with Crippen molar-refractivity contribution in [2.24, 2.45) is 0 Å². The number of halogens is 3. The first-order valence-electron chi connectivity index (χ1n) is 10.2. The number of ether oxygens (including phenoxy) is 2. The molecule has 0 bridgehead atoms. The second-order valence-corrected chi connectivity index (χ2v) is 7.42. The molecule has 0 aliphatic carbocycles. The van der Waals surface area contributed by atoms with Crippen LogP contribution in [-0.2, 0) is 11.3 Å². The van der Waals surface area contributed by atoms with E-state index in [1.165, 1.54) is 47.5 Å². The SMILES string of the molecule is CCN(C(=O)Cn1nc(-c2cccc(F)c2)c2[nH]ncc2c1=O)c1ccc2c(c1)OC(F)(F)O2. The van der Waals surface area contributed by atoms with E-state index in [2.05, 4.69) is 24.8 Å². The topological polar surface area (TPSA) is 102 Å². The highest BCUT2D eigenvalue weighted by Crippen LogP contribution is 2.42. The molecule has 34 heavy (non-hydrogen) atoms. The van der Waals surface area contributed by atoms with Crippen LogP contribution in [0.2, 0.25) is 0 Å². The zero-order chi connectivity index (χ0) is 24.0. The van der Waals surface area contributed by atoms with Gasteiger partial charge in [0.25, 0.3) is 5.56 Å². The monoisotopic (exact) mass is 471 g/mol. The van der Waals surface area contributed by atoms with E-state index in [0.717, 1.165) is 4.68 Å². The lowest BCUT2D eigenvalue weighted by molar-refractivity contribution is -0.286. The maximum Gasteiger partial charge on any atom is 0.586 e. The Labute approximate surface area is 189 Å². The number of benzene rings is 2. The van der Waals surface area contributed by atoms with Crippen LogP contribution in [0, 0.1) is 5.82 Å². The summed E-state index contributed by atoms with van der Waals surface area (Å²) >= 11 is 0. The molecule has 2 aromatic carbocycles. The number of nitrogens with one attached hydrogen (secondary N) is 1. The van der Waals surface area contributed by atoms with E-state index in [4.69, 9.17) is 0 Å². The van der Waals surface area contributed by atoms with Gasteiger partial charge in [-0.15, -0.1) is 8.78 Å². The third-order valence-electron chi connectivity index (χ3n) is 5.26. The highest BCUT2D eigenvalue weighted by Gasteiger charge is 2.43. The number of amides is 1. The first-order chi connectivity index (χ1) is 16.3. The van der Waals surface area contributed by atoms with Crippen molar-refractivity contribution in [2.75, 3.05) is 11.4 Å². The Bertz CT molecular complexity index is 1480. The third kappa shape index (κ3) is 3.72. The first-order valence-corrected chi connectivity index (χ1v) is 10.2. The van der Waals surface area contributed by atoms with Crippen molar-refractivity contribution in [1.29, 1.82) is 0 Å². The Hall–Kier alpha value is -4.35. The molecule has 1 aliphatic rings. The molecular formula is C22H16F3N5O4. The maximum atomic E-state index is 13.8. The van der Waals surface area contributed by atoms with Gasteiger partial charge in [0.1, 0.15) is 18.1 Å². The van der Waals surface area contributed by atoms with Gasteiger partial charge >= 0.3 is 6.29 Å². The van der Waals surface area contributed by atoms with E-state index in [-0.39, 0.29) is 34.8 Å². The summed E-state index contributed by atoms with van der Waals surface area (Å²) in [6.07, 6.45) is -2.48. The number of carbonyl (C=O) groups is 1. The fourth-order valence-corrected chi connectivity index (χ4v) is 3.75. The number of anilines is 1. The van der Waals surface area contributed by atoms with Crippen molar-refractivity contribution < 1.29 is 27.4 Å². The Morgan fingerprint density at radius 3 is 2.74 bits per heavy atom. The number of hydrogen-bond acceptors (Lipinski definition) is 6. The molecule has 0 unspecified atom stereocenters. The summed E-state index contributed by atoms with van der Waals surface area (Å²) in [6.45, 7) is 1.40. The molecular weight excluding hydrogens is 455 g/mol. The number of aromatic nitrogens is 4. The largest absolute Gasteiger partial charge is 0.586 e. The van der Waals surface area contributed by atoms with Crippen molar-refractivity contribution in [3.8, 4) is 22.8 Å². The Morgan fingerprint density at radius 1 is 1.18 bits per heavy atom. The molecule has 4 aromatic rings. The van der Waals surface area contributed by atoms with Crippen LogP contribution in [0.25, 0.3) is 22.2 Å². The van der Waals surface area contributed by atoms with Crippen molar-refractivity contribution in [3.05, 3.63) is 64.8 Å². The minimum absolute atomic E-state index is 0.153. The van der Waals surface area contributed by atoms with Crippen LogP contribution in [0.3, 0.4) is 0 Å². The molecule has 0 atom stereocenters. The van der Waals surface area contributed by atoms with Crippen molar-refractivity contribution in [1.82, 2.24) is 20.0 Å². The second kappa shape index (κ2) is 7.90. The summed E-state index contributed by atoms with van der Waals surface area (Å²) in [5, 5.41) is 11.0. The molecule has 0 saturated heterocycles. The molecule has 0 radical (unpaired) electrons. The van der Waals surface area contributed by atoms with Gasteiger partial charge in [-0.1, -0.05) is 12.1 Å². The lowest BCUT2D eigenvalue weighted by Crippen LogP contribution is -2.37. The number of hydrogen-bond donors (Lipinski definition) is 1. The average molecular weight is 471 g/mol. The molecule has 0 spiro atoms. The Morgan fingerprint density at radius 2 is 1.97 bits per heavy atom. The number of alkyl halides is 2. The number of likely N-dealkylation sites (N-methyl/N-ethyl adjacent to an activating group) is 1. The number of carbonyl (C=O) groups excluding carboxylic acids is 1. The summed E-state index contributed by atoms with van der Waals surface area (Å²) < 4.78 is 50.3. The predicted octanol–water partition coefficient (Wildman–Crippen LogP) is 3.30. The molecule has 174 valence electrons. The van der Waals surface area contributed by atoms with Gasteiger partial charge in [0.15, 0.2) is 11.5 Å². The zero-order valence-corrected chi connectivity index (χ0v) is 17.6. The van der Waals surface area contributed by atoms with Gasteiger partial charge < -0.3 is 14.4 Å². The summed E-state index contributed by atoms with van der Waals surface area (Å²) in [7, 11) is 0. The van der Waals surface area contributed by atoms with E-state index in [9.17, 15) is 22.8 Å². The van der Waals surface area contributed by atoms with Crippen LogP contribution >= 0.6 is 0 Å². The molecule has 2 aromatic heterocycles. The highest BCUT2D eigenvalue weighted by atomic mass is 19.3. The van der Waals surface area contributed by atoms with Crippen LogP contribution in [0.15, 0.2) is 53.5 Å². The Kier molecular flexibility index (Phi) is 5.00. The number of fused-ring (bicyclic) bond motifs is 2. The minimum Gasteiger partial charge on any atom is -0.395 e. The fraction of sp³-hybridized carbons (Fsp3) is 0.182. The second-order valence-electron chi connectivity index (χ2n) is 7.42. The lowest BCUT2D eigenvalue weighted by Gasteiger charge is -2.21. The van der Waals surface area contributed by atoms with Gasteiger partial charge in [0.05, 0.1) is 17.1 Å². The van der Waals surface area contributed by atoms with Gasteiger partial charge in [0, 0.05) is 23.9 Å². The molecule has 5 rings (SSSR count). The molecule has 12 heteroatoms. The molecule has 1 aliphatic heterocycles.